The number of nitrogens with zero attached hydrogens (tertiary/aromatic N) is 1. The number of ether oxygens (including phenoxy) is 1. The molecule has 0 aliphatic heterocycles. The maximum atomic E-state index is 12.3. The summed E-state index contributed by atoms with van der Waals surface area (Å²) in [4.78, 5) is 26.2. The van der Waals surface area contributed by atoms with Gasteiger partial charge in [0.2, 0.25) is 0 Å². The van der Waals surface area contributed by atoms with Gasteiger partial charge in [-0.2, -0.15) is 0 Å². The predicted molar refractivity (Wildman–Crippen MR) is 113 cm³/mol. The van der Waals surface area contributed by atoms with Gasteiger partial charge in [0, 0.05) is 30.9 Å². The Bertz CT molecular complexity index is 1000. The lowest BCUT2D eigenvalue weighted by molar-refractivity contribution is -0.118. The van der Waals surface area contributed by atoms with Crippen LogP contribution in [0.4, 0.5) is 17.1 Å². The van der Waals surface area contributed by atoms with Gasteiger partial charge in [-0.15, -0.1) is 0 Å². The van der Waals surface area contributed by atoms with E-state index in [0.717, 1.165) is 5.69 Å². The van der Waals surface area contributed by atoms with Gasteiger partial charge >= 0.3 is 0 Å². The Morgan fingerprint density at radius 2 is 1.90 bits per heavy atom. The van der Waals surface area contributed by atoms with E-state index >= 15 is 0 Å². The zero-order valence-corrected chi connectivity index (χ0v) is 16.7. The highest BCUT2D eigenvalue weighted by molar-refractivity contribution is 6.31. The molecule has 2 aromatic carbocycles. The lowest BCUT2D eigenvalue weighted by Crippen LogP contribution is -2.22. The van der Waals surface area contributed by atoms with E-state index in [4.69, 9.17) is 20.8 Å². The number of hydrogen-bond donors (Lipinski definition) is 2. The van der Waals surface area contributed by atoms with Crippen LogP contribution < -0.4 is 20.3 Å². The first-order valence-electron chi connectivity index (χ1n) is 8.77. The summed E-state index contributed by atoms with van der Waals surface area (Å²) in [7, 11) is 3.75. The minimum absolute atomic E-state index is 0.199. The van der Waals surface area contributed by atoms with E-state index in [9.17, 15) is 9.59 Å². The molecule has 1 aromatic heterocycles. The van der Waals surface area contributed by atoms with Gasteiger partial charge in [-0.25, -0.2) is 0 Å². The van der Waals surface area contributed by atoms with Crippen LogP contribution in [0.2, 0.25) is 5.02 Å². The van der Waals surface area contributed by atoms with Crippen LogP contribution in [-0.2, 0) is 4.79 Å². The summed E-state index contributed by atoms with van der Waals surface area (Å²) in [5, 5.41) is 6.02. The summed E-state index contributed by atoms with van der Waals surface area (Å²) >= 11 is 6.03. The Balaban J connectivity index is 1.60. The fourth-order valence-corrected chi connectivity index (χ4v) is 2.77. The number of amides is 2. The highest BCUT2D eigenvalue weighted by Crippen LogP contribution is 2.27. The van der Waals surface area contributed by atoms with E-state index in [1.54, 1.807) is 48.5 Å². The van der Waals surface area contributed by atoms with Gasteiger partial charge in [0.05, 0.1) is 17.6 Å². The molecule has 0 spiro atoms. The Kier molecular flexibility index (Phi) is 6.41. The van der Waals surface area contributed by atoms with E-state index in [-0.39, 0.29) is 24.2 Å². The first kappa shape index (κ1) is 20.3. The molecule has 0 saturated carbocycles. The lowest BCUT2D eigenvalue weighted by Gasteiger charge is -2.18. The fourth-order valence-electron chi connectivity index (χ4n) is 2.60. The summed E-state index contributed by atoms with van der Waals surface area (Å²) < 4.78 is 10.6. The molecule has 2 N–H and O–H groups in total. The van der Waals surface area contributed by atoms with E-state index in [2.05, 4.69) is 10.6 Å². The van der Waals surface area contributed by atoms with Crippen LogP contribution in [0.1, 0.15) is 10.6 Å². The van der Waals surface area contributed by atoms with Crippen molar-refractivity contribution >= 4 is 40.5 Å². The molecule has 0 unspecified atom stereocenters. The summed E-state index contributed by atoms with van der Waals surface area (Å²) in [6.07, 6.45) is 1.43. The van der Waals surface area contributed by atoms with Crippen LogP contribution in [0.3, 0.4) is 0 Å². The van der Waals surface area contributed by atoms with Crippen LogP contribution >= 0.6 is 11.6 Å². The molecular weight excluding hydrogens is 394 g/mol. The summed E-state index contributed by atoms with van der Waals surface area (Å²) in [5.41, 5.74) is 1.94. The van der Waals surface area contributed by atoms with E-state index in [0.29, 0.717) is 22.1 Å². The number of anilines is 3. The molecule has 0 atom stereocenters. The van der Waals surface area contributed by atoms with Crippen molar-refractivity contribution in [2.75, 3.05) is 36.2 Å². The monoisotopic (exact) mass is 413 g/mol. The van der Waals surface area contributed by atoms with Crippen molar-refractivity contribution in [3.8, 4) is 5.75 Å². The van der Waals surface area contributed by atoms with Crippen molar-refractivity contribution in [1.82, 2.24) is 0 Å². The summed E-state index contributed by atoms with van der Waals surface area (Å²) in [5.74, 6) is -0.0623. The third kappa shape index (κ3) is 5.52. The van der Waals surface area contributed by atoms with Crippen molar-refractivity contribution < 1.29 is 18.7 Å². The van der Waals surface area contributed by atoms with Crippen LogP contribution in [-0.4, -0.2) is 32.5 Å². The predicted octanol–water partition coefficient (Wildman–Crippen LogP) is 4.27. The molecule has 150 valence electrons. The molecule has 0 aliphatic rings. The van der Waals surface area contributed by atoms with Crippen molar-refractivity contribution in [2.24, 2.45) is 0 Å². The number of carbonyl (C=O) groups excluding carboxylic acids is 2. The molecule has 7 nitrogen and oxygen atoms in total. The van der Waals surface area contributed by atoms with Crippen LogP contribution in [0.25, 0.3) is 0 Å². The third-order valence-corrected chi connectivity index (χ3v) is 4.16. The molecule has 8 heteroatoms. The average molecular weight is 414 g/mol. The van der Waals surface area contributed by atoms with Gasteiger partial charge in [-0.1, -0.05) is 17.7 Å². The Morgan fingerprint density at radius 1 is 1.07 bits per heavy atom. The Morgan fingerprint density at radius 3 is 2.62 bits per heavy atom. The van der Waals surface area contributed by atoms with Crippen molar-refractivity contribution in [3.05, 3.63) is 71.6 Å². The number of rotatable bonds is 7. The van der Waals surface area contributed by atoms with Gasteiger partial charge < -0.3 is 24.7 Å². The van der Waals surface area contributed by atoms with Crippen LogP contribution in [0.15, 0.2) is 65.3 Å². The number of hydrogen-bond acceptors (Lipinski definition) is 5. The third-order valence-electron chi connectivity index (χ3n) is 3.92. The smallest absolute Gasteiger partial charge is 0.291 e. The van der Waals surface area contributed by atoms with Crippen LogP contribution in [0, 0.1) is 0 Å². The highest BCUT2D eigenvalue weighted by atomic mass is 35.5. The quantitative estimate of drug-likeness (QED) is 0.604. The highest BCUT2D eigenvalue weighted by Gasteiger charge is 2.11. The standard InChI is InChI=1S/C21H20ClN3O4/c1-25(2)18-9-8-14(22)11-17(18)24-20(26)13-29-16-6-3-5-15(12-16)23-21(27)19-7-4-10-28-19/h3-12H,13H2,1-2H3,(H,23,27)(H,24,26). The molecule has 0 aliphatic carbocycles. The molecule has 0 saturated heterocycles. The molecular formula is C21H20ClN3O4. The van der Waals surface area contributed by atoms with Crippen molar-refractivity contribution in [1.29, 1.82) is 0 Å². The van der Waals surface area contributed by atoms with E-state index in [1.807, 2.05) is 25.1 Å². The summed E-state index contributed by atoms with van der Waals surface area (Å²) in [6, 6.07) is 15.2. The molecule has 3 aromatic rings. The summed E-state index contributed by atoms with van der Waals surface area (Å²) in [6.45, 7) is -0.199. The lowest BCUT2D eigenvalue weighted by atomic mass is 10.2. The molecule has 3 rings (SSSR count). The normalized spacial score (nSPS) is 10.3. The second-order valence-corrected chi connectivity index (χ2v) is 6.79. The van der Waals surface area contributed by atoms with E-state index in [1.165, 1.54) is 6.26 Å². The molecule has 0 bridgehead atoms. The molecule has 0 fully saturated rings. The number of nitrogens with one attached hydrogen (secondary N) is 2. The maximum absolute atomic E-state index is 12.3. The van der Waals surface area contributed by atoms with Crippen LogP contribution in [0.5, 0.6) is 5.75 Å². The zero-order chi connectivity index (χ0) is 20.8. The topological polar surface area (TPSA) is 83.8 Å². The van der Waals surface area contributed by atoms with E-state index < -0.39 is 0 Å². The molecule has 0 radical (unpaired) electrons. The second-order valence-electron chi connectivity index (χ2n) is 6.35. The number of furan rings is 1. The first-order valence-corrected chi connectivity index (χ1v) is 9.14. The van der Waals surface area contributed by atoms with Gasteiger partial charge in [0.15, 0.2) is 12.4 Å². The fraction of sp³-hybridized carbons (Fsp3) is 0.143. The minimum Gasteiger partial charge on any atom is -0.484 e. The largest absolute Gasteiger partial charge is 0.484 e. The van der Waals surface area contributed by atoms with Gasteiger partial charge in [-0.05, 0) is 42.5 Å². The van der Waals surface area contributed by atoms with Gasteiger partial charge in [-0.3, -0.25) is 9.59 Å². The molecule has 1 heterocycles. The van der Waals surface area contributed by atoms with Gasteiger partial charge in [0.25, 0.3) is 11.8 Å². The molecule has 2 amide bonds. The average Bonchev–Trinajstić information content (AvgIpc) is 3.21. The SMILES string of the molecule is CN(C)c1ccc(Cl)cc1NC(=O)COc1cccc(NC(=O)c2ccco2)c1. The maximum Gasteiger partial charge on any atom is 0.291 e. The number of benzene rings is 2. The molecule has 29 heavy (non-hydrogen) atoms. The zero-order valence-electron chi connectivity index (χ0n) is 15.9. The second kappa shape index (κ2) is 9.16. The first-order chi connectivity index (χ1) is 13.9. The van der Waals surface area contributed by atoms with Crippen molar-refractivity contribution in [2.45, 2.75) is 0 Å². The Labute approximate surface area is 173 Å². The van der Waals surface area contributed by atoms with Gasteiger partial charge in [0.1, 0.15) is 5.75 Å². The Hall–Kier alpha value is -3.45. The van der Waals surface area contributed by atoms with Crippen molar-refractivity contribution in [3.63, 3.8) is 0 Å². The number of halogens is 1. The minimum atomic E-state index is -0.373. The number of carbonyl (C=O) groups is 2.